The van der Waals surface area contributed by atoms with Gasteiger partial charge in [-0.25, -0.2) is 4.98 Å². The number of fused-ring (bicyclic) bond motifs is 3. The lowest BCUT2D eigenvalue weighted by molar-refractivity contribution is -0.134. The highest BCUT2D eigenvalue weighted by atomic mass is 16.5. The van der Waals surface area contributed by atoms with Crippen molar-refractivity contribution in [3.05, 3.63) is 53.4 Å². The number of amides is 1. The van der Waals surface area contributed by atoms with Crippen molar-refractivity contribution in [3.63, 3.8) is 0 Å². The van der Waals surface area contributed by atoms with E-state index in [0.717, 1.165) is 111 Å². The summed E-state index contributed by atoms with van der Waals surface area (Å²) >= 11 is 0. The first-order valence-electron chi connectivity index (χ1n) is 15.8. The molecule has 0 spiro atoms. The van der Waals surface area contributed by atoms with E-state index in [4.69, 9.17) is 19.5 Å². The van der Waals surface area contributed by atoms with Gasteiger partial charge < -0.3 is 24.3 Å². The van der Waals surface area contributed by atoms with Gasteiger partial charge in [-0.3, -0.25) is 9.79 Å². The average Bonchev–Trinajstić information content (AvgIpc) is 3.74. The molecule has 1 saturated heterocycles. The van der Waals surface area contributed by atoms with Gasteiger partial charge in [-0.15, -0.1) is 0 Å². The van der Waals surface area contributed by atoms with E-state index in [9.17, 15) is 4.79 Å². The number of aromatic amines is 1. The van der Waals surface area contributed by atoms with Crippen LogP contribution in [0, 0.1) is 17.8 Å². The van der Waals surface area contributed by atoms with Gasteiger partial charge in [0.2, 0.25) is 5.91 Å². The summed E-state index contributed by atoms with van der Waals surface area (Å²) in [6.07, 6.45) is 14.1. The van der Waals surface area contributed by atoms with Gasteiger partial charge in [0.05, 0.1) is 43.6 Å². The second-order valence-electron chi connectivity index (χ2n) is 12.3. The number of benzene rings is 1. The Hall–Kier alpha value is -3.39. The number of hydrogen-bond acceptors (Lipinski definition) is 6. The average molecular weight is 572 g/mol. The molecule has 1 aromatic carbocycles. The number of allylic oxidation sites excluding steroid dienone is 3. The number of imidazole rings is 1. The Bertz CT molecular complexity index is 1380. The van der Waals surface area contributed by atoms with Crippen molar-refractivity contribution in [2.24, 2.45) is 22.7 Å². The molecule has 4 aliphatic rings. The minimum atomic E-state index is -0.118. The molecule has 2 heterocycles. The summed E-state index contributed by atoms with van der Waals surface area (Å²) in [6.45, 7) is 5.45. The molecular formula is C34H45N5O3. The van der Waals surface area contributed by atoms with Gasteiger partial charge in [-0.05, 0) is 62.1 Å². The summed E-state index contributed by atoms with van der Waals surface area (Å²) in [7, 11) is 5.45. The van der Waals surface area contributed by atoms with Crippen LogP contribution in [0.3, 0.4) is 0 Å². The van der Waals surface area contributed by atoms with Gasteiger partial charge in [-0.1, -0.05) is 31.6 Å². The number of ether oxygens (including phenoxy) is 2. The number of carbonyl (C=O) groups excluding carboxylic acids is 1. The second kappa shape index (κ2) is 12.5. The number of nitrogens with one attached hydrogen (secondary N) is 1. The molecule has 1 N–H and O–H groups in total. The molecule has 2 aromatic rings. The lowest BCUT2D eigenvalue weighted by atomic mass is 9.87. The van der Waals surface area contributed by atoms with Crippen molar-refractivity contribution in [2.45, 2.75) is 57.9 Å². The van der Waals surface area contributed by atoms with Gasteiger partial charge in [0.25, 0.3) is 0 Å². The number of rotatable bonds is 7. The minimum absolute atomic E-state index is 0.0683. The fraction of sp³-hybridized carbons (Fsp3) is 0.559. The van der Waals surface area contributed by atoms with Crippen LogP contribution >= 0.6 is 0 Å². The van der Waals surface area contributed by atoms with Crippen molar-refractivity contribution in [1.82, 2.24) is 14.9 Å². The summed E-state index contributed by atoms with van der Waals surface area (Å²) in [5.41, 5.74) is 6.38. The van der Waals surface area contributed by atoms with Crippen molar-refractivity contribution in [1.29, 1.82) is 0 Å². The molecule has 2 bridgehead atoms. The molecule has 8 nitrogen and oxygen atoms in total. The molecular weight excluding hydrogens is 526 g/mol. The zero-order valence-corrected chi connectivity index (χ0v) is 25.6. The number of aryl methyl sites for hydroxylation is 1. The summed E-state index contributed by atoms with van der Waals surface area (Å²) in [5.74, 6) is 2.23. The van der Waals surface area contributed by atoms with Crippen LogP contribution < -0.4 is 9.64 Å². The normalized spacial score (nSPS) is 27.7. The summed E-state index contributed by atoms with van der Waals surface area (Å²) < 4.78 is 11.5. The Balaban J connectivity index is 1.43. The maximum Gasteiger partial charge on any atom is 0.227 e. The van der Waals surface area contributed by atoms with E-state index < -0.39 is 0 Å². The highest BCUT2D eigenvalue weighted by Gasteiger charge is 2.49. The van der Waals surface area contributed by atoms with Gasteiger partial charge in [0, 0.05) is 50.6 Å². The maximum absolute atomic E-state index is 13.4. The first kappa shape index (κ1) is 28.7. The first-order valence-corrected chi connectivity index (χ1v) is 15.8. The van der Waals surface area contributed by atoms with E-state index in [1.807, 2.05) is 14.1 Å². The van der Waals surface area contributed by atoms with Crippen LogP contribution in [0.2, 0.25) is 0 Å². The number of nitrogens with zero attached hydrogens (tertiary/aromatic N) is 4. The number of anilines is 1. The minimum Gasteiger partial charge on any atom is -0.496 e. The van der Waals surface area contributed by atoms with Gasteiger partial charge in [0.15, 0.2) is 0 Å². The van der Waals surface area contributed by atoms with E-state index >= 15 is 0 Å². The number of methoxy groups -OCH3 is 1. The highest BCUT2D eigenvalue weighted by Crippen LogP contribution is 2.46. The Labute approximate surface area is 249 Å². The largest absolute Gasteiger partial charge is 0.496 e. The fourth-order valence-electron chi connectivity index (χ4n) is 7.16. The Morgan fingerprint density at radius 3 is 2.76 bits per heavy atom. The van der Waals surface area contributed by atoms with Crippen molar-refractivity contribution in [2.75, 3.05) is 52.4 Å². The van der Waals surface area contributed by atoms with E-state index in [1.165, 1.54) is 5.57 Å². The molecule has 1 amide bonds. The molecule has 3 aliphatic carbocycles. The van der Waals surface area contributed by atoms with Gasteiger partial charge >= 0.3 is 0 Å². The van der Waals surface area contributed by atoms with Crippen LogP contribution in [-0.2, 0) is 16.0 Å². The van der Waals surface area contributed by atoms with E-state index in [0.29, 0.717) is 5.92 Å². The quantitative estimate of drug-likeness (QED) is 0.448. The predicted octanol–water partition coefficient (Wildman–Crippen LogP) is 5.44. The molecule has 1 saturated carbocycles. The van der Waals surface area contributed by atoms with E-state index in [1.54, 1.807) is 12.0 Å². The zero-order chi connectivity index (χ0) is 29.2. The van der Waals surface area contributed by atoms with Crippen LogP contribution in [0.5, 0.6) is 5.75 Å². The summed E-state index contributed by atoms with van der Waals surface area (Å²) in [6, 6.07) is 6.32. The molecule has 6 rings (SSSR count). The molecule has 4 unspecified atom stereocenters. The molecule has 1 aliphatic heterocycles. The molecule has 4 atom stereocenters. The molecule has 0 radical (unpaired) electrons. The molecule has 2 fully saturated rings. The smallest absolute Gasteiger partial charge is 0.227 e. The van der Waals surface area contributed by atoms with E-state index in [2.05, 4.69) is 53.2 Å². The Morgan fingerprint density at radius 2 is 2.00 bits per heavy atom. The number of morpholine rings is 1. The number of aliphatic imine (C=N–C) groups is 1. The van der Waals surface area contributed by atoms with Crippen molar-refractivity contribution >= 4 is 17.3 Å². The monoisotopic (exact) mass is 571 g/mol. The molecule has 224 valence electrons. The summed E-state index contributed by atoms with van der Waals surface area (Å²) in [4.78, 5) is 32.0. The highest BCUT2D eigenvalue weighted by molar-refractivity contribution is 6.12. The topological polar surface area (TPSA) is 83.0 Å². The Kier molecular flexibility index (Phi) is 8.52. The lowest BCUT2D eigenvalue weighted by Crippen LogP contribution is -2.39. The number of H-pyrrole nitrogens is 1. The third kappa shape index (κ3) is 5.53. The second-order valence-corrected chi connectivity index (χ2v) is 12.3. The lowest BCUT2D eigenvalue weighted by Gasteiger charge is -2.29. The standard InChI is InChI=1S/C34H45N5O3/c1-5-9-22-10-7-6-8-11-27-32(31(22)36-30-24-13-12-23(20-24)29(30)34(40)38(2)3)37-33(35-27)26-15-14-25(21-28(26)41-4)39-16-18-42-19-17-39/h10,12-15,21,23-24,29-30H,5-9,11,16-20H2,1-4H3,(H,35,37)/b22-10-,36-31?. The Morgan fingerprint density at radius 1 is 1.19 bits per heavy atom. The molecule has 1 aromatic heterocycles. The number of aromatic nitrogens is 2. The van der Waals surface area contributed by atoms with Gasteiger partial charge in [-0.2, -0.15) is 0 Å². The van der Waals surface area contributed by atoms with Crippen LogP contribution in [0.1, 0.15) is 56.8 Å². The van der Waals surface area contributed by atoms with Crippen molar-refractivity contribution < 1.29 is 14.3 Å². The number of hydrogen-bond donors (Lipinski definition) is 1. The van der Waals surface area contributed by atoms with Crippen molar-refractivity contribution in [3.8, 4) is 17.1 Å². The third-order valence-corrected chi connectivity index (χ3v) is 9.34. The van der Waals surface area contributed by atoms with Crippen LogP contribution in [-0.4, -0.2) is 80.0 Å². The van der Waals surface area contributed by atoms with Crippen LogP contribution in [0.4, 0.5) is 5.69 Å². The fourth-order valence-corrected chi connectivity index (χ4v) is 7.16. The molecule has 42 heavy (non-hydrogen) atoms. The first-order chi connectivity index (χ1) is 20.5. The third-order valence-electron chi connectivity index (χ3n) is 9.34. The number of carbonyl (C=O) groups is 1. The molecule has 8 heteroatoms. The van der Waals surface area contributed by atoms with Crippen LogP contribution in [0.25, 0.3) is 11.4 Å². The predicted molar refractivity (Wildman–Crippen MR) is 167 cm³/mol. The SMILES string of the molecule is CCC/C1=C/CCCCc2[nH]c(-c3ccc(N4CCOCC4)cc3OC)nc2C1=NC1C2C=CC(C2)C1C(=O)N(C)C. The van der Waals surface area contributed by atoms with Gasteiger partial charge in [0.1, 0.15) is 17.3 Å². The van der Waals surface area contributed by atoms with Crippen LogP contribution in [0.15, 0.2) is 47.0 Å². The van der Waals surface area contributed by atoms with E-state index in [-0.39, 0.29) is 23.8 Å². The maximum atomic E-state index is 13.4. The zero-order valence-electron chi connectivity index (χ0n) is 25.6. The summed E-state index contributed by atoms with van der Waals surface area (Å²) in [5, 5.41) is 0.